The molecule has 0 spiro atoms. The van der Waals surface area contributed by atoms with E-state index in [0.717, 1.165) is 12.3 Å². The van der Waals surface area contributed by atoms with Crippen molar-refractivity contribution in [3.63, 3.8) is 0 Å². The Labute approximate surface area is 117 Å². The number of benzene rings is 1. The second-order valence-corrected chi connectivity index (χ2v) is 7.25. The molecule has 100 valence electrons. The number of hydrogen-bond acceptors (Lipinski definition) is 0. The van der Waals surface area contributed by atoms with Gasteiger partial charge in [0, 0.05) is 0 Å². The van der Waals surface area contributed by atoms with Gasteiger partial charge in [0.15, 0.2) is 0 Å². The Bertz CT molecular complexity index is 366. The molecule has 0 heterocycles. The molecule has 1 atom stereocenters. The van der Waals surface area contributed by atoms with Crippen LogP contribution in [0.15, 0.2) is 24.3 Å². The predicted molar refractivity (Wildman–Crippen MR) is 80.3 cm³/mol. The maximum atomic E-state index is 6.55. The van der Waals surface area contributed by atoms with Crippen LogP contribution in [0.25, 0.3) is 0 Å². The highest BCUT2D eigenvalue weighted by Gasteiger charge is 2.20. The van der Waals surface area contributed by atoms with Crippen molar-refractivity contribution >= 4 is 11.6 Å². The topological polar surface area (TPSA) is 0 Å². The SMILES string of the molecule is CC(C)(C)c1ccc(C(Cl)CC2CCCC2)cc1. The van der Waals surface area contributed by atoms with E-state index in [1.54, 1.807) is 0 Å². The summed E-state index contributed by atoms with van der Waals surface area (Å²) in [5.41, 5.74) is 2.90. The highest BCUT2D eigenvalue weighted by Crippen LogP contribution is 2.36. The van der Waals surface area contributed by atoms with Crippen LogP contribution in [0.3, 0.4) is 0 Å². The molecule has 18 heavy (non-hydrogen) atoms. The molecule has 0 aromatic heterocycles. The Kier molecular flexibility index (Phi) is 4.37. The molecule has 1 saturated carbocycles. The molecular weight excluding hydrogens is 240 g/mol. The van der Waals surface area contributed by atoms with E-state index in [4.69, 9.17) is 11.6 Å². The van der Waals surface area contributed by atoms with E-state index < -0.39 is 0 Å². The van der Waals surface area contributed by atoms with Crippen molar-refractivity contribution < 1.29 is 0 Å². The fourth-order valence-corrected chi connectivity index (χ4v) is 3.26. The molecule has 1 aromatic rings. The van der Waals surface area contributed by atoms with E-state index in [1.165, 1.54) is 36.8 Å². The minimum absolute atomic E-state index is 0.196. The molecular formula is C17H25Cl. The van der Waals surface area contributed by atoms with Crippen molar-refractivity contribution in [3.05, 3.63) is 35.4 Å². The second kappa shape index (κ2) is 5.65. The van der Waals surface area contributed by atoms with Gasteiger partial charge in [0.1, 0.15) is 0 Å². The molecule has 2 rings (SSSR count). The normalized spacial score (nSPS) is 19.1. The Morgan fingerprint density at radius 1 is 1.11 bits per heavy atom. The van der Waals surface area contributed by atoms with Crippen LogP contribution in [0, 0.1) is 5.92 Å². The summed E-state index contributed by atoms with van der Waals surface area (Å²) < 4.78 is 0. The van der Waals surface area contributed by atoms with E-state index in [9.17, 15) is 0 Å². The van der Waals surface area contributed by atoms with Crippen LogP contribution < -0.4 is 0 Å². The lowest BCUT2D eigenvalue weighted by atomic mass is 9.86. The minimum Gasteiger partial charge on any atom is -0.118 e. The highest BCUT2D eigenvalue weighted by atomic mass is 35.5. The number of rotatable bonds is 3. The van der Waals surface area contributed by atoms with E-state index in [-0.39, 0.29) is 10.8 Å². The van der Waals surface area contributed by atoms with Crippen molar-refractivity contribution in [3.8, 4) is 0 Å². The first kappa shape index (κ1) is 13.9. The Morgan fingerprint density at radius 2 is 1.67 bits per heavy atom. The van der Waals surface area contributed by atoms with Gasteiger partial charge in [0.2, 0.25) is 0 Å². The van der Waals surface area contributed by atoms with Crippen LogP contribution in [-0.4, -0.2) is 0 Å². The highest BCUT2D eigenvalue weighted by molar-refractivity contribution is 6.20. The summed E-state index contributed by atoms with van der Waals surface area (Å²) in [5.74, 6) is 0.856. The van der Waals surface area contributed by atoms with Crippen molar-refractivity contribution in [2.24, 2.45) is 5.92 Å². The van der Waals surface area contributed by atoms with Crippen molar-refractivity contribution in [1.82, 2.24) is 0 Å². The molecule has 1 unspecified atom stereocenters. The average Bonchev–Trinajstić information content (AvgIpc) is 2.81. The summed E-state index contributed by atoms with van der Waals surface area (Å²) in [5, 5.41) is 0.196. The fourth-order valence-electron chi connectivity index (χ4n) is 2.87. The van der Waals surface area contributed by atoms with Crippen LogP contribution in [0.2, 0.25) is 0 Å². The molecule has 0 nitrogen and oxygen atoms in total. The first-order valence-corrected chi connectivity index (χ1v) is 7.65. The van der Waals surface area contributed by atoms with Crippen LogP contribution in [0.1, 0.15) is 69.4 Å². The third-order valence-electron chi connectivity index (χ3n) is 4.15. The summed E-state index contributed by atoms with van der Waals surface area (Å²) in [7, 11) is 0. The van der Waals surface area contributed by atoms with Crippen LogP contribution in [-0.2, 0) is 5.41 Å². The van der Waals surface area contributed by atoms with Gasteiger partial charge in [-0.1, -0.05) is 70.7 Å². The summed E-state index contributed by atoms with van der Waals surface area (Å²) in [6, 6.07) is 8.90. The quantitative estimate of drug-likeness (QED) is 0.601. The van der Waals surface area contributed by atoms with Gasteiger partial charge in [-0.15, -0.1) is 11.6 Å². The lowest BCUT2D eigenvalue weighted by molar-refractivity contribution is 0.495. The van der Waals surface area contributed by atoms with Crippen LogP contribution in [0.4, 0.5) is 0 Å². The fraction of sp³-hybridized carbons (Fsp3) is 0.647. The van der Waals surface area contributed by atoms with Crippen molar-refractivity contribution in [2.75, 3.05) is 0 Å². The molecule has 0 N–H and O–H groups in total. The second-order valence-electron chi connectivity index (χ2n) is 6.73. The average molecular weight is 265 g/mol. The van der Waals surface area contributed by atoms with E-state index >= 15 is 0 Å². The van der Waals surface area contributed by atoms with E-state index in [0.29, 0.717) is 0 Å². The minimum atomic E-state index is 0.196. The molecule has 1 fully saturated rings. The summed E-state index contributed by atoms with van der Waals surface area (Å²) in [6.45, 7) is 6.75. The number of hydrogen-bond donors (Lipinski definition) is 0. The van der Waals surface area contributed by atoms with Gasteiger partial charge in [0.05, 0.1) is 5.38 Å². The molecule has 1 heteroatoms. The van der Waals surface area contributed by atoms with Crippen LogP contribution >= 0.6 is 11.6 Å². The van der Waals surface area contributed by atoms with Gasteiger partial charge in [0.25, 0.3) is 0 Å². The zero-order chi connectivity index (χ0) is 13.2. The smallest absolute Gasteiger partial charge is 0.0587 e. The predicted octanol–water partition coefficient (Wildman–Crippen LogP) is 5.84. The molecule has 0 bridgehead atoms. The van der Waals surface area contributed by atoms with Gasteiger partial charge < -0.3 is 0 Å². The molecule has 0 saturated heterocycles. The van der Waals surface area contributed by atoms with Crippen LogP contribution in [0.5, 0.6) is 0 Å². The summed E-state index contributed by atoms with van der Waals surface area (Å²) >= 11 is 6.55. The van der Waals surface area contributed by atoms with E-state index in [1.807, 2.05) is 0 Å². The van der Waals surface area contributed by atoms with Gasteiger partial charge >= 0.3 is 0 Å². The number of halogens is 1. The molecule has 1 aromatic carbocycles. The lowest BCUT2D eigenvalue weighted by Gasteiger charge is -2.20. The Morgan fingerprint density at radius 3 is 2.17 bits per heavy atom. The maximum absolute atomic E-state index is 6.55. The van der Waals surface area contributed by atoms with Crippen molar-refractivity contribution in [1.29, 1.82) is 0 Å². The Hall–Kier alpha value is -0.490. The Balaban J connectivity index is 2.00. The largest absolute Gasteiger partial charge is 0.118 e. The lowest BCUT2D eigenvalue weighted by Crippen LogP contribution is -2.11. The number of alkyl halides is 1. The monoisotopic (exact) mass is 264 g/mol. The van der Waals surface area contributed by atoms with Gasteiger partial charge in [-0.3, -0.25) is 0 Å². The summed E-state index contributed by atoms with van der Waals surface area (Å²) in [6.07, 6.45) is 6.71. The molecule has 0 aliphatic heterocycles. The van der Waals surface area contributed by atoms with E-state index in [2.05, 4.69) is 45.0 Å². The van der Waals surface area contributed by atoms with Gasteiger partial charge in [-0.25, -0.2) is 0 Å². The first-order chi connectivity index (χ1) is 8.47. The summed E-state index contributed by atoms with van der Waals surface area (Å²) in [4.78, 5) is 0. The van der Waals surface area contributed by atoms with Crippen molar-refractivity contribution in [2.45, 2.75) is 63.7 Å². The zero-order valence-corrected chi connectivity index (χ0v) is 12.6. The zero-order valence-electron chi connectivity index (χ0n) is 11.9. The molecule has 1 aliphatic carbocycles. The molecule has 0 amide bonds. The molecule has 1 aliphatic rings. The maximum Gasteiger partial charge on any atom is 0.0587 e. The molecule has 0 radical (unpaired) electrons. The third-order valence-corrected chi connectivity index (χ3v) is 4.58. The van der Waals surface area contributed by atoms with Gasteiger partial charge in [-0.2, -0.15) is 0 Å². The van der Waals surface area contributed by atoms with Gasteiger partial charge in [-0.05, 0) is 28.9 Å². The standard InChI is InChI=1S/C17H25Cl/c1-17(2,3)15-10-8-14(9-11-15)16(18)12-13-6-4-5-7-13/h8-11,13,16H,4-7,12H2,1-3H3. The third kappa shape index (κ3) is 3.51. The first-order valence-electron chi connectivity index (χ1n) is 7.21.